The maximum atomic E-state index is 2.50. The highest BCUT2D eigenvalue weighted by atomic mass is 14.4. The van der Waals surface area contributed by atoms with Crippen molar-refractivity contribution in [3.8, 4) is 0 Å². The van der Waals surface area contributed by atoms with E-state index in [1.54, 1.807) is 11.1 Å². The molecule has 0 radical (unpaired) electrons. The van der Waals surface area contributed by atoms with Gasteiger partial charge in [-0.15, -0.1) is 0 Å². The number of fused-ring (bicyclic) bond motifs is 1. The quantitative estimate of drug-likeness (QED) is 0.548. The predicted molar refractivity (Wildman–Crippen MR) is 66.7 cm³/mol. The van der Waals surface area contributed by atoms with Crippen LogP contribution in [0.2, 0.25) is 0 Å². The van der Waals surface area contributed by atoms with Gasteiger partial charge >= 0.3 is 0 Å². The Morgan fingerprint density at radius 1 is 1.13 bits per heavy atom. The van der Waals surface area contributed by atoms with E-state index in [1.165, 1.54) is 19.3 Å². The Morgan fingerprint density at radius 3 is 2.53 bits per heavy atom. The van der Waals surface area contributed by atoms with Crippen molar-refractivity contribution in [1.29, 1.82) is 0 Å². The summed E-state index contributed by atoms with van der Waals surface area (Å²) in [5.74, 6) is 3.55. The van der Waals surface area contributed by atoms with Crippen molar-refractivity contribution in [2.75, 3.05) is 0 Å². The largest absolute Gasteiger partial charge is 0.0850 e. The Hall–Kier alpha value is -0.520. The fraction of sp³-hybridized carbons (Fsp3) is 0.733. The second-order valence-corrected chi connectivity index (χ2v) is 5.85. The molecule has 2 rings (SSSR count). The van der Waals surface area contributed by atoms with Crippen LogP contribution in [0.3, 0.4) is 0 Å². The molecule has 0 heteroatoms. The van der Waals surface area contributed by atoms with Crippen LogP contribution >= 0.6 is 0 Å². The number of rotatable bonds is 1. The van der Waals surface area contributed by atoms with Gasteiger partial charge in [0.05, 0.1) is 0 Å². The van der Waals surface area contributed by atoms with Crippen molar-refractivity contribution in [3.05, 3.63) is 23.3 Å². The lowest BCUT2D eigenvalue weighted by Crippen LogP contribution is -2.32. The molecule has 0 aromatic heterocycles. The molecule has 0 aromatic rings. The van der Waals surface area contributed by atoms with E-state index in [0.717, 1.165) is 23.7 Å². The third-order valence-corrected chi connectivity index (χ3v) is 4.50. The summed E-state index contributed by atoms with van der Waals surface area (Å²) in [5, 5.41) is 0. The fourth-order valence-corrected chi connectivity index (χ4v) is 3.49. The summed E-state index contributed by atoms with van der Waals surface area (Å²) in [6.45, 7) is 9.43. The van der Waals surface area contributed by atoms with Crippen molar-refractivity contribution < 1.29 is 0 Å². The van der Waals surface area contributed by atoms with Crippen LogP contribution in [-0.4, -0.2) is 0 Å². The van der Waals surface area contributed by atoms with Gasteiger partial charge in [-0.1, -0.05) is 37.1 Å². The zero-order valence-electron chi connectivity index (χ0n) is 10.6. The van der Waals surface area contributed by atoms with E-state index in [4.69, 9.17) is 0 Å². The Balaban J connectivity index is 2.24. The third kappa shape index (κ3) is 2.04. The van der Waals surface area contributed by atoms with Gasteiger partial charge in [-0.25, -0.2) is 0 Å². The molecule has 0 aliphatic heterocycles. The van der Waals surface area contributed by atoms with Crippen molar-refractivity contribution in [3.63, 3.8) is 0 Å². The maximum Gasteiger partial charge on any atom is -0.0137 e. The Bertz CT molecular complexity index is 293. The average molecular weight is 204 g/mol. The zero-order valence-corrected chi connectivity index (χ0v) is 10.6. The van der Waals surface area contributed by atoms with E-state index in [-0.39, 0.29) is 0 Å². The lowest BCUT2D eigenvalue weighted by atomic mass is 9.63. The fourth-order valence-electron chi connectivity index (χ4n) is 3.49. The van der Waals surface area contributed by atoms with Crippen molar-refractivity contribution >= 4 is 0 Å². The summed E-state index contributed by atoms with van der Waals surface area (Å²) >= 11 is 0. The van der Waals surface area contributed by atoms with E-state index in [2.05, 4.69) is 39.8 Å². The van der Waals surface area contributed by atoms with E-state index in [1.807, 2.05) is 0 Å². The topological polar surface area (TPSA) is 0 Å². The van der Waals surface area contributed by atoms with E-state index in [0.29, 0.717) is 0 Å². The predicted octanol–water partition coefficient (Wildman–Crippen LogP) is 4.58. The Morgan fingerprint density at radius 2 is 1.87 bits per heavy atom. The molecule has 0 amide bonds. The summed E-state index contributed by atoms with van der Waals surface area (Å²) in [4.78, 5) is 0. The van der Waals surface area contributed by atoms with Gasteiger partial charge in [0.1, 0.15) is 0 Å². The standard InChI is InChI=1S/C15H24/c1-10(2)13-8-6-12(4)14-7-5-11(3)9-15(13)14/h5-6,10,13-15H,7-9H2,1-4H3/t13-,14+,15+/m1/s1. The first-order valence-electron chi connectivity index (χ1n) is 6.42. The van der Waals surface area contributed by atoms with Crippen LogP contribution in [0.4, 0.5) is 0 Å². The molecule has 0 fully saturated rings. The Labute approximate surface area is 94.5 Å². The van der Waals surface area contributed by atoms with Crippen LogP contribution < -0.4 is 0 Å². The highest BCUT2D eigenvalue weighted by Gasteiger charge is 2.35. The molecule has 84 valence electrons. The highest BCUT2D eigenvalue weighted by Crippen LogP contribution is 2.45. The monoisotopic (exact) mass is 204 g/mol. The van der Waals surface area contributed by atoms with Gasteiger partial charge in [-0.05, 0) is 56.8 Å². The van der Waals surface area contributed by atoms with Gasteiger partial charge in [0.25, 0.3) is 0 Å². The molecule has 0 bridgehead atoms. The van der Waals surface area contributed by atoms with Gasteiger partial charge in [0.2, 0.25) is 0 Å². The smallest absolute Gasteiger partial charge is 0.0137 e. The van der Waals surface area contributed by atoms with Crippen molar-refractivity contribution in [2.45, 2.75) is 47.0 Å². The first-order valence-corrected chi connectivity index (χ1v) is 6.42. The molecule has 2 aliphatic rings. The first-order chi connectivity index (χ1) is 7.09. The minimum Gasteiger partial charge on any atom is -0.0850 e. The highest BCUT2D eigenvalue weighted by molar-refractivity contribution is 5.19. The molecule has 0 aromatic carbocycles. The van der Waals surface area contributed by atoms with Gasteiger partial charge < -0.3 is 0 Å². The molecule has 0 spiro atoms. The molecule has 15 heavy (non-hydrogen) atoms. The van der Waals surface area contributed by atoms with Gasteiger partial charge in [-0.3, -0.25) is 0 Å². The molecule has 3 atom stereocenters. The van der Waals surface area contributed by atoms with Crippen LogP contribution in [0, 0.1) is 23.7 Å². The number of allylic oxidation sites excluding steroid dienone is 4. The Kier molecular flexibility index (Phi) is 3.04. The lowest BCUT2D eigenvalue weighted by Gasteiger charge is -2.42. The van der Waals surface area contributed by atoms with Crippen LogP contribution in [0.1, 0.15) is 47.0 Å². The van der Waals surface area contributed by atoms with Crippen LogP contribution in [0.15, 0.2) is 23.3 Å². The molecular formula is C15H24. The second-order valence-electron chi connectivity index (χ2n) is 5.85. The minimum absolute atomic E-state index is 0.841. The number of hydrogen-bond donors (Lipinski definition) is 0. The SMILES string of the molecule is CC1=CC[C@H]2C(C)=CC[C@H](C(C)C)[C@@H]2C1. The molecule has 0 saturated carbocycles. The molecule has 0 nitrogen and oxygen atoms in total. The number of hydrogen-bond acceptors (Lipinski definition) is 0. The van der Waals surface area contributed by atoms with Crippen molar-refractivity contribution in [1.82, 2.24) is 0 Å². The molecule has 0 unspecified atom stereocenters. The second kappa shape index (κ2) is 4.15. The summed E-state index contributed by atoms with van der Waals surface area (Å²) in [7, 11) is 0. The normalized spacial score (nSPS) is 35.9. The molecule has 0 heterocycles. The summed E-state index contributed by atoms with van der Waals surface area (Å²) < 4.78 is 0. The lowest BCUT2D eigenvalue weighted by molar-refractivity contribution is 0.175. The minimum atomic E-state index is 0.841. The van der Waals surface area contributed by atoms with Gasteiger partial charge in [-0.2, -0.15) is 0 Å². The molecule has 2 aliphatic carbocycles. The zero-order chi connectivity index (χ0) is 11.0. The summed E-state index contributed by atoms with van der Waals surface area (Å²) in [6, 6.07) is 0. The van der Waals surface area contributed by atoms with E-state index >= 15 is 0 Å². The molecular weight excluding hydrogens is 180 g/mol. The van der Waals surface area contributed by atoms with E-state index < -0.39 is 0 Å². The summed E-state index contributed by atoms with van der Waals surface area (Å²) in [5.41, 5.74) is 3.28. The van der Waals surface area contributed by atoms with Crippen molar-refractivity contribution in [2.24, 2.45) is 23.7 Å². The average Bonchev–Trinajstić information content (AvgIpc) is 2.17. The third-order valence-electron chi connectivity index (χ3n) is 4.50. The van der Waals surface area contributed by atoms with Crippen LogP contribution in [0.5, 0.6) is 0 Å². The van der Waals surface area contributed by atoms with Gasteiger partial charge in [0, 0.05) is 0 Å². The van der Waals surface area contributed by atoms with Gasteiger partial charge in [0.15, 0.2) is 0 Å². The molecule has 0 N–H and O–H groups in total. The molecule has 0 saturated heterocycles. The van der Waals surface area contributed by atoms with E-state index in [9.17, 15) is 0 Å². The van der Waals surface area contributed by atoms with Crippen LogP contribution in [-0.2, 0) is 0 Å². The maximum absolute atomic E-state index is 2.50. The van der Waals surface area contributed by atoms with Crippen LogP contribution in [0.25, 0.3) is 0 Å². The summed E-state index contributed by atoms with van der Waals surface area (Å²) in [6.07, 6.45) is 8.92. The first kappa shape index (κ1) is 11.0.